The van der Waals surface area contributed by atoms with Gasteiger partial charge in [-0.2, -0.15) is 5.10 Å². The maximum Gasteiger partial charge on any atom is 0.240 e. The number of hydrogen-bond acceptors (Lipinski definition) is 3. The summed E-state index contributed by atoms with van der Waals surface area (Å²) >= 11 is 0. The molecule has 144 valence electrons. The second kappa shape index (κ2) is 9.31. The SMILES string of the molecule is C=C(C)[C@@H]1CC=C(C)C(=NNC(=O)CCC(=O)Nc2ccc(C)c(C)c2)C1. The minimum Gasteiger partial charge on any atom is -0.326 e. The highest BCUT2D eigenvalue weighted by molar-refractivity contribution is 6.01. The van der Waals surface area contributed by atoms with Gasteiger partial charge in [0.1, 0.15) is 0 Å². The van der Waals surface area contributed by atoms with Crippen LogP contribution in [0, 0.1) is 19.8 Å². The molecule has 0 saturated heterocycles. The van der Waals surface area contributed by atoms with Crippen molar-refractivity contribution >= 4 is 23.2 Å². The fraction of sp³-hybridized carbons (Fsp3) is 0.409. The van der Waals surface area contributed by atoms with Crippen LogP contribution in [0.25, 0.3) is 0 Å². The van der Waals surface area contributed by atoms with Crippen LogP contribution in [-0.4, -0.2) is 17.5 Å². The average Bonchev–Trinajstić information content (AvgIpc) is 2.62. The first kappa shape index (κ1) is 20.6. The van der Waals surface area contributed by atoms with Gasteiger partial charge in [0.25, 0.3) is 0 Å². The Morgan fingerprint density at radius 1 is 1.15 bits per heavy atom. The van der Waals surface area contributed by atoms with Crippen molar-refractivity contribution < 1.29 is 9.59 Å². The maximum atomic E-state index is 12.0. The molecule has 1 aliphatic carbocycles. The van der Waals surface area contributed by atoms with E-state index in [9.17, 15) is 9.59 Å². The Labute approximate surface area is 161 Å². The van der Waals surface area contributed by atoms with Crippen molar-refractivity contribution in [3.8, 4) is 0 Å². The summed E-state index contributed by atoms with van der Waals surface area (Å²) in [5.74, 6) is -0.0757. The summed E-state index contributed by atoms with van der Waals surface area (Å²) in [5, 5.41) is 7.08. The number of benzene rings is 1. The van der Waals surface area contributed by atoms with Gasteiger partial charge in [-0.05, 0) is 75.3 Å². The smallest absolute Gasteiger partial charge is 0.240 e. The predicted molar refractivity (Wildman–Crippen MR) is 111 cm³/mol. The highest BCUT2D eigenvalue weighted by Gasteiger charge is 2.18. The maximum absolute atomic E-state index is 12.0. The molecule has 1 aromatic rings. The minimum atomic E-state index is -0.261. The molecule has 1 atom stereocenters. The molecular formula is C22H29N3O2. The third-order valence-corrected chi connectivity index (χ3v) is 4.99. The van der Waals surface area contributed by atoms with Crippen LogP contribution in [0.5, 0.6) is 0 Å². The molecule has 1 aromatic carbocycles. The Hall–Kier alpha value is -2.69. The lowest BCUT2D eigenvalue weighted by molar-refractivity contribution is -0.124. The fourth-order valence-electron chi connectivity index (χ4n) is 2.88. The number of hydrazone groups is 1. The van der Waals surface area contributed by atoms with E-state index in [1.807, 2.05) is 45.9 Å². The van der Waals surface area contributed by atoms with Crippen LogP contribution in [0.1, 0.15) is 50.7 Å². The van der Waals surface area contributed by atoms with E-state index in [4.69, 9.17) is 0 Å². The second-order valence-corrected chi connectivity index (χ2v) is 7.31. The van der Waals surface area contributed by atoms with Gasteiger partial charge in [-0.25, -0.2) is 5.43 Å². The Kier molecular flexibility index (Phi) is 7.11. The number of allylic oxidation sites excluding steroid dienone is 3. The van der Waals surface area contributed by atoms with E-state index >= 15 is 0 Å². The highest BCUT2D eigenvalue weighted by Crippen LogP contribution is 2.26. The first-order valence-electron chi connectivity index (χ1n) is 9.31. The molecule has 0 aliphatic heterocycles. The molecule has 1 aliphatic rings. The second-order valence-electron chi connectivity index (χ2n) is 7.31. The van der Waals surface area contributed by atoms with Gasteiger partial charge < -0.3 is 5.32 Å². The van der Waals surface area contributed by atoms with E-state index < -0.39 is 0 Å². The van der Waals surface area contributed by atoms with Crippen LogP contribution in [0.4, 0.5) is 5.69 Å². The van der Waals surface area contributed by atoms with Gasteiger partial charge in [-0.3, -0.25) is 9.59 Å². The normalized spacial score (nSPS) is 18.0. The van der Waals surface area contributed by atoms with Gasteiger partial charge in [-0.1, -0.05) is 24.3 Å². The molecule has 2 N–H and O–H groups in total. The number of nitrogens with one attached hydrogen (secondary N) is 2. The van der Waals surface area contributed by atoms with Gasteiger partial charge in [0.2, 0.25) is 11.8 Å². The van der Waals surface area contributed by atoms with Crippen LogP contribution in [0.15, 0.2) is 47.1 Å². The van der Waals surface area contributed by atoms with Crippen molar-refractivity contribution in [1.29, 1.82) is 0 Å². The molecule has 0 heterocycles. The summed E-state index contributed by atoms with van der Waals surface area (Å²) in [7, 11) is 0. The minimum absolute atomic E-state index is 0.0974. The number of aryl methyl sites for hydroxylation is 2. The zero-order valence-corrected chi connectivity index (χ0v) is 16.7. The molecule has 0 bridgehead atoms. The van der Waals surface area contributed by atoms with Crippen molar-refractivity contribution in [2.24, 2.45) is 11.0 Å². The van der Waals surface area contributed by atoms with E-state index in [-0.39, 0.29) is 24.7 Å². The first-order valence-corrected chi connectivity index (χ1v) is 9.31. The summed E-state index contributed by atoms with van der Waals surface area (Å²) in [5.41, 5.74) is 8.70. The number of carbonyl (C=O) groups is 2. The topological polar surface area (TPSA) is 70.6 Å². The predicted octanol–water partition coefficient (Wildman–Crippen LogP) is 4.43. The van der Waals surface area contributed by atoms with Gasteiger partial charge in [0.05, 0.1) is 5.71 Å². The molecular weight excluding hydrogens is 338 g/mol. The van der Waals surface area contributed by atoms with Crippen LogP contribution >= 0.6 is 0 Å². The van der Waals surface area contributed by atoms with Crippen molar-refractivity contribution in [3.05, 3.63) is 53.1 Å². The van der Waals surface area contributed by atoms with Crippen LogP contribution in [0.3, 0.4) is 0 Å². The lowest BCUT2D eigenvalue weighted by atomic mass is 9.85. The summed E-state index contributed by atoms with van der Waals surface area (Å²) in [6, 6.07) is 5.75. The first-order chi connectivity index (χ1) is 12.8. The molecule has 0 aromatic heterocycles. The molecule has 27 heavy (non-hydrogen) atoms. The van der Waals surface area contributed by atoms with Gasteiger partial charge in [-0.15, -0.1) is 0 Å². The van der Waals surface area contributed by atoms with E-state index in [1.54, 1.807) is 0 Å². The number of carbonyl (C=O) groups excluding carboxylic acids is 2. The fourth-order valence-corrected chi connectivity index (χ4v) is 2.88. The third-order valence-electron chi connectivity index (χ3n) is 4.99. The lowest BCUT2D eigenvalue weighted by Gasteiger charge is -2.22. The largest absolute Gasteiger partial charge is 0.326 e. The zero-order chi connectivity index (χ0) is 20.0. The molecule has 0 spiro atoms. The highest BCUT2D eigenvalue weighted by atomic mass is 16.2. The Balaban J connectivity index is 1.82. The van der Waals surface area contributed by atoms with Crippen LogP contribution < -0.4 is 10.7 Å². The van der Waals surface area contributed by atoms with Crippen molar-refractivity contribution in [2.75, 3.05) is 5.32 Å². The van der Waals surface area contributed by atoms with E-state index in [1.165, 1.54) is 5.56 Å². The Morgan fingerprint density at radius 2 is 1.85 bits per heavy atom. The molecule has 2 rings (SSSR count). The Bertz CT molecular complexity index is 806. The van der Waals surface area contributed by atoms with Crippen molar-refractivity contribution in [3.63, 3.8) is 0 Å². The molecule has 2 amide bonds. The third kappa shape index (κ3) is 6.20. The number of anilines is 1. The summed E-state index contributed by atoms with van der Waals surface area (Å²) in [6.45, 7) is 12.0. The number of nitrogens with zero attached hydrogens (tertiary/aromatic N) is 1. The lowest BCUT2D eigenvalue weighted by Crippen LogP contribution is -2.24. The quantitative estimate of drug-likeness (QED) is 0.577. The monoisotopic (exact) mass is 367 g/mol. The van der Waals surface area contributed by atoms with Crippen molar-refractivity contribution in [1.82, 2.24) is 5.43 Å². The summed E-state index contributed by atoms with van der Waals surface area (Å²) < 4.78 is 0. The van der Waals surface area contributed by atoms with Crippen molar-refractivity contribution in [2.45, 2.75) is 53.4 Å². The number of hydrogen-bond donors (Lipinski definition) is 2. The molecule has 0 fully saturated rings. The Morgan fingerprint density at radius 3 is 2.52 bits per heavy atom. The van der Waals surface area contributed by atoms with Crippen LogP contribution in [-0.2, 0) is 9.59 Å². The molecule has 0 saturated carbocycles. The molecule has 0 unspecified atom stereocenters. The van der Waals surface area contributed by atoms with Crippen LogP contribution in [0.2, 0.25) is 0 Å². The standard InChI is InChI=1S/C22H29N3O2/c1-14(2)18-8-6-16(4)20(13-18)24-25-22(27)11-10-21(26)23-19-9-7-15(3)17(5)12-19/h6-7,9,12,18H,1,8,10-11,13H2,2-5H3,(H,23,26)(H,25,27)/t18-/m1/s1. The molecule has 5 nitrogen and oxygen atoms in total. The summed E-state index contributed by atoms with van der Waals surface area (Å²) in [6.07, 6.45) is 4.09. The zero-order valence-electron chi connectivity index (χ0n) is 16.7. The van der Waals surface area contributed by atoms with Gasteiger partial charge in [0.15, 0.2) is 0 Å². The number of rotatable bonds is 6. The summed E-state index contributed by atoms with van der Waals surface area (Å²) in [4.78, 5) is 24.1. The average molecular weight is 367 g/mol. The van der Waals surface area contributed by atoms with E-state index in [0.717, 1.165) is 41.0 Å². The van der Waals surface area contributed by atoms with Gasteiger partial charge >= 0.3 is 0 Å². The molecule has 0 radical (unpaired) electrons. The van der Waals surface area contributed by atoms with Gasteiger partial charge in [0, 0.05) is 18.5 Å². The molecule has 5 heteroatoms. The number of amides is 2. The van der Waals surface area contributed by atoms with E-state index in [2.05, 4.69) is 28.5 Å². The van der Waals surface area contributed by atoms with E-state index in [0.29, 0.717) is 5.92 Å².